The highest BCUT2D eigenvalue weighted by Gasteiger charge is 2.61. The van der Waals surface area contributed by atoms with Crippen molar-refractivity contribution in [1.82, 2.24) is 40.4 Å². The van der Waals surface area contributed by atoms with Gasteiger partial charge in [0.25, 0.3) is 0 Å². The van der Waals surface area contributed by atoms with Crippen molar-refractivity contribution in [2.45, 2.75) is 88.1 Å². The van der Waals surface area contributed by atoms with Gasteiger partial charge in [-0.05, 0) is 85.7 Å². The third kappa shape index (κ3) is 7.96. The van der Waals surface area contributed by atoms with Crippen molar-refractivity contribution in [3.63, 3.8) is 0 Å². The number of fused-ring (bicyclic) bond motifs is 2. The summed E-state index contributed by atoms with van der Waals surface area (Å²) in [6, 6.07) is 15.2. The molecular weight excluding hydrogens is 805 g/mol. The number of hydrogen-bond acceptors (Lipinski definition) is 10. The number of piperidine rings is 2. The first kappa shape index (κ1) is 41.3. The summed E-state index contributed by atoms with van der Waals surface area (Å²) in [5, 5.41) is 5.73. The van der Waals surface area contributed by atoms with Crippen molar-refractivity contribution in [3.8, 4) is 33.9 Å². The molecule has 9 atom stereocenters. The summed E-state index contributed by atoms with van der Waals surface area (Å²) >= 11 is 0. The summed E-state index contributed by atoms with van der Waals surface area (Å²) in [6.45, 7) is 4.45. The van der Waals surface area contributed by atoms with E-state index in [0.717, 1.165) is 64.6 Å². The average molecular weight is 861 g/mol. The second-order valence-corrected chi connectivity index (χ2v) is 18.2. The number of nitrogens with zero attached hydrogens (tertiary/aromatic N) is 4. The van der Waals surface area contributed by atoms with Crippen LogP contribution in [0.4, 0.5) is 9.59 Å². The van der Waals surface area contributed by atoms with Crippen LogP contribution in [0.2, 0.25) is 0 Å². The van der Waals surface area contributed by atoms with Crippen LogP contribution in [0.15, 0.2) is 60.9 Å². The quantitative estimate of drug-likeness (QED) is 0.139. The van der Waals surface area contributed by atoms with E-state index in [-0.39, 0.29) is 47.8 Å². The van der Waals surface area contributed by atoms with E-state index in [4.69, 9.17) is 28.9 Å². The molecule has 0 spiro atoms. The van der Waals surface area contributed by atoms with Gasteiger partial charge in [-0.25, -0.2) is 19.6 Å². The van der Waals surface area contributed by atoms with Gasteiger partial charge < -0.3 is 49.3 Å². The Morgan fingerprint density at radius 3 is 1.57 bits per heavy atom. The lowest BCUT2D eigenvalue weighted by Gasteiger charge is -2.36. The highest BCUT2D eigenvalue weighted by Crippen LogP contribution is 2.58. The van der Waals surface area contributed by atoms with Crippen molar-refractivity contribution in [2.24, 2.45) is 29.6 Å². The molecule has 6 fully saturated rings. The molecule has 63 heavy (non-hydrogen) atoms. The molecule has 2 aliphatic carbocycles. The maximum absolute atomic E-state index is 14.4. The fourth-order valence-electron chi connectivity index (χ4n) is 11.0. The van der Waals surface area contributed by atoms with E-state index >= 15 is 0 Å². The SMILES string of the molecule is COC(=O)N[C@H](C(=O)N1[C@@H]2C[C@@H]2C[C@H]1c1cnc(-c2ccc(-c3ccc(-c4ncc([C@@H]5C[C@H]6C(C)[C@H]6N5C(=O)[C@@H](NC(=O)OC)C5CCOCC5)[nH]4)cc3)cc2)[nH]1)C1CCOCC1. The normalized spacial score (nSPS) is 27.5. The minimum atomic E-state index is -0.679. The first-order valence-electron chi connectivity index (χ1n) is 22.5. The molecule has 0 bridgehead atoms. The first-order valence-corrected chi connectivity index (χ1v) is 22.5. The third-order valence-corrected chi connectivity index (χ3v) is 14.8. The number of alkyl carbamates (subject to hydrolysis) is 2. The largest absolute Gasteiger partial charge is 0.453 e. The highest BCUT2D eigenvalue weighted by molar-refractivity contribution is 5.88. The second kappa shape index (κ2) is 17.1. The van der Waals surface area contributed by atoms with Gasteiger partial charge in [-0.1, -0.05) is 55.5 Å². The summed E-state index contributed by atoms with van der Waals surface area (Å²) in [4.78, 5) is 73.9. The molecule has 1 unspecified atom stereocenters. The van der Waals surface area contributed by atoms with E-state index in [2.05, 4.69) is 76.1 Å². The van der Waals surface area contributed by atoms with Crippen LogP contribution in [0.25, 0.3) is 33.9 Å². The predicted octanol–water partition coefficient (Wildman–Crippen LogP) is 6.01. The van der Waals surface area contributed by atoms with E-state index in [1.807, 2.05) is 22.2 Å². The van der Waals surface area contributed by atoms with Crippen LogP contribution in [0.3, 0.4) is 0 Å². The number of hydrogen-bond donors (Lipinski definition) is 4. The van der Waals surface area contributed by atoms with E-state index in [1.54, 1.807) is 0 Å². The molecule has 4 saturated heterocycles. The Hall–Kier alpha value is -5.74. The number of carbonyl (C=O) groups excluding carboxylic acids is 4. The molecule has 0 radical (unpaired) electrons. The third-order valence-electron chi connectivity index (χ3n) is 14.8. The Morgan fingerprint density at radius 1 is 0.651 bits per heavy atom. The average Bonchev–Trinajstić information content (AvgIpc) is 3.79. The summed E-state index contributed by atoms with van der Waals surface area (Å²) in [5.41, 5.74) is 5.75. The standard InChI is InChI=1S/C47H56N8O8/c1-25-33-22-38(55(41(25)33)45(57)40(53-47(59)61-3)29-14-18-63-19-15-29)35-24-49-43(51-35)31-10-6-27(7-11-31)26-4-8-30(9-5-26)42-48-23-34(50-42)37-21-32-20-36(32)54(37)44(56)39(52-46(58)60-2)28-12-16-62-17-13-28/h4-11,23-25,28-29,32-33,36-41H,12-22H2,1-3H3,(H,48,50)(H,49,51)(H,52,58)(H,53,59)/t25?,32-,33+,36-,37+,38+,39+,40+,41-/m1/s1. The number of rotatable bonds is 11. The molecule has 4 aliphatic heterocycles. The van der Waals surface area contributed by atoms with Crippen LogP contribution in [-0.2, 0) is 28.5 Å². The summed E-state index contributed by atoms with van der Waals surface area (Å²) in [5.74, 6) is 2.55. The molecule has 332 valence electrons. The number of likely N-dealkylation sites (tertiary alicyclic amines) is 2. The zero-order valence-electron chi connectivity index (χ0n) is 36.0. The zero-order valence-corrected chi connectivity index (χ0v) is 36.0. The van der Waals surface area contributed by atoms with Gasteiger partial charge in [0.15, 0.2) is 0 Å². The number of amides is 4. The summed E-state index contributed by atoms with van der Waals surface area (Å²) in [7, 11) is 2.64. The Bertz CT molecular complexity index is 2320. The minimum Gasteiger partial charge on any atom is -0.453 e. The van der Waals surface area contributed by atoms with Crippen LogP contribution in [0.5, 0.6) is 0 Å². The molecule has 6 heterocycles. The van der Waals surface area contributed by atoms with Crippen molar-refractivity contribution < 1.29 is 38.1 Å². The Balaban J connectivity index is 0.809. The molecule has 4 N–H and O–H groups in total. The van der Waals surface area contributed by atoms with Crippen molar-refractivity contribution in [3.05, 3.63) is 72.3 Å². The number of benzene rings is 2. The maximum atomic E-state index is 14.4. The van der Waals surface area contributed by atoms with Gasteiger partial charge in [-0.3, -0.25) is 9.59 Å². The number of aromatic amines is 2. The maximum Gasteiger partial charge on any atom is 0.407 e. The highest BCUT2D eigenvalue weighted by atomic mass is 16.5. The molecule has 4 amide bonds. The molecule has 2 aromatic carbocycles. The number of imidazole rings is 2. The number of carbonyl (C=O) groups is 4. The lowest BCUT2D eigenvalue weighted by Crippen LogP contribution is -2.54. The molecule has 2 aromatic heterocycles. The molecule has 10 rings (SSSR count). The number of aromatic nitrogens is 4. The zero-order chi connectivity index (χ0) is 43.4. The lowest BCUT2D eigenvalue weighted by molar-refractivity contribution is -0.138. The van der Waals surface area contributed by atoms with Gasteiger partial charge in [-0.15, -0.1) is 0 Å². The molecule has 16 heteroatoms. The van der Waals surface area contributed by atoms with Gasteiger partial charge >= 0.3 is 12.2 Å². The van der Waals surface area contributed by atoms with Crippen LogP contribution in [-0.4, -0.2) is 119 Å². The first-order chi connectivity index (χ1) is 30.7. The molecule has 2 saturated carbocycles. The second-order valence-electron chi connectivity index (χ2n) is 18.2. The van der Waals surface area contributed by atoms with Crippen LogP contribution >= 0.6 is 0 Å². The molecule has 16 nitrogen and oxygen atoms in total. The minimum absolute atomic E-state index is 0.0178. The molecule has 4 aromatic rings. The topological polar surface area (TPSA) is 193 Å². The number of methoxy groups -OCH3 is 2. The van der Waals surface area contributed by atoms with E-state index in [9.17, 15) is 19.2 Å². The van der Waals surface area contributed by atoms with Gasteiger partial charge in [0.05, 0.1) is 50.1 Å². The summed E-state index contributed by atoms with van der Waals surface area (Å²) in [6.07, 6.45) is 7.97. The number of H-pyrrole nitrogens is 2. The van der Waals surface area contributed by atoms with Crippen LogP contribution in [0, 0.1) is 29.6 Å². The molecule has 6 aliphatic rings. The van der Waals surface area contributed by atoms with Crippen molar-refractivity contribution in [2.75, 3.05) is 40.6 Å². The van der Waals surface area contributed by atoms with Crippen LogP contribution in [0.1, 0.15) is 75.3 Å². The van der Waals surface area contributed by atoms with Crippen molar-refractivity contribution >= 4 is 24.0 Å². The Labute approximate surface area is 366 Å². The monoisotopic (exact) mass is 860 g/mol. The van der Waals surface area contributed by atoms with Gasteiger partial charge in [-0.2, -0.15) is 0 Å². The van der Waals surface area contributed by atoms with E-state index < -0.39 is 24.3 Å². The van der Waals surface area contributed by atoms with Gasteiger partial charge in [0.2, 0.25) is 11.8 Å². The van der Waals surface area contributed by atoms with Gasteiger partial charge in [0, 0.05) is 49.6 Å². The van der Waals surface area contributed by atoms with E-state index in [1.165, 1.54) is 14.2 Å². The number of nitrogens with one attached hydrogen (secondary N) is 4. The Morgan fingerprint density at radius 2 is 1.10 bits per heavy atom. The van der Waals surface area contributed by atoms with Gasteiger partial charge in [0.1, 0.15) is 23.7 Å². The van der Waals surface area contributed by atoms with E-state index in [0.29, 0.717) is 69.9 Å². The smallest absolute Gasteiger partial charge is 0.407 e. The summed E-state index contributed by atoms with van der Waals surface area (Å²) < 4.78 is 21.0. The fraction of sp³-hybridized carbons (Fsp3) is 0.532. The number of ether oxygens (including phenoxy) is 4. The molecular formula is C47H56N8O8. The lowest BCUT2D eigenvalue weighted by atomic mass is 9.90. The predicted molar refractivity (Wildman–Crippen MR) is 230 cm³/mol. The van der Waals surface area contributed by atoms with Crippen molar-refractivity contribution in [1.29, 1.82) is 0 Å². The van der Waals surface area contributed by atoms with Crippen LogP contribution < -0.4 is 10.6 Å². The Kier molecular flexibility index (Phi) is 11.2. The fourth-order valence-corrected chi connectivity index (χ4v) is 11.0.